The van der Waals surface area contributed by atoms with Crippen molar-refractivity contribution in [3.63, 3.8) is 0 Å². The molecule has 7 heteroatoms. The molecule has 2 aliphatic heterocycles. The molecule has 25 heavy (non-hydrogen) atoms. The second-order valence-corrected chi connectivity index (χ2v) is 5.91. The minimum Gasteiger partial charge on any atom is -0.452 e. The van der Waals surface area contributed by atoms with E-state index >= 15 is 0 Å². The van der Waals surface area contributed by atoms with Crippen molar-refractivity contribution >= 4 is 29.4 Å². The molecule has 0 unspecified atom stereocenters. The van der Waals surface area contributed by atoms with Crippen LogP contribution in [0, 0.1) is 0 Å². The summed E-state index contributed by atoms with van der Waals surface area (Å²) in [7, 11) is 0. The maximum Gasteiger partial charge on any atom is 0.338 e. The molecule has 0 spiro atoms. The summed E-state index contributed by atoms with van der Waals surface area (Å²) in [5.41, 5.74) is 0.466. The predicted octanol–water partition coefficient (Wildman–Crippen LogP) is 1.29. The van der Waals surface area contributed by atoms with Crippen LogP contribution in [0.1, 0.15) is 29.6 Å². The van der Waals surface area contributed by atoms with Gasteiger partial charge in [-0.2, -0.15) is 0 Å². The number of piperidine rings is 1. The Bertz CT molecular complexity index is 732. The van der Waals surface area contributed by atoms with Gasteiger partial charge in [0.25, 0.3) is 17.7 Å². The van der Waals surface area contributed by atoms with Gasteiger partial charge in [-0.3, -0.25) is 14.4 Å². The zero-order valence-corrected chi connectivity index (χ0v) is 13.6. The average molecular weight is 342 g/mol. The van der Waals surface area contributed by atoms with Gasteiger partial charge in [-0.1, -0.05) is 6.07 Å². The van der Waals surface area contributed by atoms with E-state index in [-0.39, 0.29) is 23.8 Å². The lowest BCUT2D eigenvalue weighted by Crippen LogP contribution is -2.38. The summed E-state index contributed by atoms with van der Waals surface area (Å²) in [6.45, 7) is 1.07. The fourth-order valence-electron chi connectivity index (χ4n) is 2.87. The predicted molar refractivity (Wildman–Crippen MR) is 88.8 cm³/mol. The van der Waals surface area contributed by atoms with Crippen molar-refractivity contribution in [3.05, 3.63) is 42.0 Å². The number of hydrogen-bond acceptors (Lipinski definition) is 5. The minimum absolute atomic E-state index is 0.177. The lowest BCUT2D eigenvalue weighted by atomic mass is 10.1. The highest BCUT2D eigenvalue weighted by molar-refractivity contribution is 6.28. The molecule has 1 aromatic carbocycles. The van der Waals surface area contributed by atoms with Crippen LogP contribution in [0.2, 0.25) is 0 Å². The standard InChI is InChI=1S/C18H18N2O5/c21-15-7-8-16(22)20(15)14-6-4-5-13(11-14)18(24)25-12-17(23)19-9-2-1-3-10-19/h4-8,11H,1-3,9-10,12H2. The number of benzene rings is 1. The quantitative estimate of drug-likeness (QED) is 0.608. The summed E-state index contributed by atoms with van der Waals surface area (Å²) >= 11 is 0. The smallest absolute Gasteiger partial charge is 0.338 e. The number of carbonyl (C=O) groups excluding carboxylic acids is 4. The molecule has 3 rings (SSSR count). The molecule has 1 fully saturated rings. The van der Waals surface area contributed by atoms with Gasteiger partial charge in [0.1, 0.15) is 0 Å². The van der Waals surface area contributed by atoms with Crippen LogP contribution in [0.5, 0.6) is 0 Å². The van der Waals surface area contributed by atoms with Crippen LogP contribution in [-0.2, 0) is 19.1 Å². The Labute approximate surface area is 144 Å². The van der Waals surface area contributed by atoms with Gasteiger partial charge in [0.15, 0.2) is 6.61 Å². The summed E-state index contributed by atoms with van der Waals surface area (Å²) in [5, 5.41) is 0. The van der Waals surface area contributed by atoms with E-state index in [1.165, 1.54) is 24.3 Å². The van der Waals surface area contributed by atoms with Crippen LogP contribution in [0.15, 0.2) is 36.4 Å². The third kappa shape index (κ3) is 3.76. The first kappa shape index (κ1) is 16.9. The van der Waals surface area contributed by atoms with Crippen molar-refractivity contribution in [2.75, 3.05) is 24.6 Å². The fraction of sp³-hybridized carbons (Fsp3) is 0.333. The zero-order chi connectivity index (χ0) is 17.8. The second-order valence-electron chi connectivity index (χ2n) is 5.91. The van der Waals surface area contributed by atoms with Gasteiger partial charge in [-0.05, 0) is 37.5 Å². The number of rotatable bonds is 4. The van der Waals surface area contributed by atoms with Crippen molar-refractivity contribution in [2.24, 2.45) is 0 Å². The molecule has 0 aromatic heterocycles. The summed E-state index contributed by atoms with van der Waals surface area (Å²) < 4.78 is 5.08. The lowest BCUT2D eigenvalue weighted by Gasteiger charge is -2.26. The van der Waals surface area contributed by atoms with Crippen LogP contribution in [0.25, 0.3) is 0 Å². The Morgan fingerprint density at radius 3 is 2.36 bits per heavy atom. The highest BCUT2D eigenvalue weighted by Crippen LogP contribution is 2.20. The molecule has 0 saturated carbocycles. The number of ether oxygens (including phenoxy) is 1. The summed E-state index contributed by atoms with van der Waals surface area (Å²) in [5.74, 6) is -1.80. The van der Waals surface area contributed by atoms with Gasteiger partial charge in [0, 0.05) is 25.2 Å². The minimum atomic E-state index is -0.667. The van der Waals surface area contributed by atoms with E-state index in [9.17, 15) is 19.2 Å². The molecule has 3 amide bonds. The van der Waals surface area contributed by atoms with Gasteiger partial charge >= 0.3 is 5.97 Å². The van der Waals surface area contributed by atoms with Crippen LogP contribution in [0.3, 0.4) is 0 Å². The number of likely N-dealkylation sites (tertiary alicyclic amines) is 1. The topological polar surface area (TPSA) is 84.0 Å². The molecule has 0 aliphatic carbocycles. The number of anilines is 1. The third-order valence-electron chi connectivity index (χ3n) is 4.18. The van der Waals surface area contributed by atoms with Gasteiger partial charge in [0.05, 0.1) is 11.3 Å². The first-order valence-electron chi connectivity index (χ1n) is 8.17. The number of esters is 1. The highest BCUT2D eigenvalue weighted by atomic mass is 16.5. The third-order valence-corrected chi connectivity index (χ3v) is 4.18. The highest BCUT2D eigenvalue weighted by Gasteiger charge is 2.26. The maximum absolute atomic E-state index is 12.2. The molecular formula is C18H18N2O5. The summed E-state index contributed by atoms with van der Waals surface area (Å²) in [4.78, 5) is 50.3. The van der Waals surface area contributed by atoms with E-state index in [1.807, 2.05) is 0 Å². The molecule has 130 valence electrons. The van der Waals surface area contributed by atoms with Gasteiger partial charge in [-0.15, -0.1) is 0 Å². The Morgan fingerprint density at radius 1 is 1.00 bits per heavy atom. The van der Waals surface area contributed by atoms with E-state index in [4.69, 9.17) is 4.74 Å². The molecule has 2 heterocycles. The first-order chi connectivity index (χ1) is 12.1. The average Bonchev–Trinajstić information content (AvgIpc) is 2.98. The van der Waals surface area contributed by atoms with Crippen LogP contribution >= 0.6 is 0 Å². The van der Waals surface area contributed by atoms with Crippen LogP contribution < -0.4 is 4.90 Å². The van der Waals surface area contributed by atoms with Crippen molar-refractivity contribution < 1.29 is 23.9 Å². The monoisotopic (exact) mass is 342 g/mol. The van der Waals surface area contributed by atoms with Crippen molar-refractivity contribution in [3.8, 4) is 0 Å². The van der Waals surface area contributed by atoms with Gasteiger partial charge in [0.2, 0.25) is 0 Å². The van der Waals surface area contributed by atoms with Gasteiger partial charge < -0.3 is 9.64 Å². The number of amides is 3. The Hall–Kier alpha value is -2.96. The van der Waals surface area contributed by atoms with E-state index in [0.29, 0.717) is 13.1 Å². The summed E-state index contributed by atoms with van der Waals surface area (Å²) in [6, 6.07) is 6.02. The number of nitrogens with zero attached hydrogens (tertiary/aromatic N) is 2. The van der Waals surface area contributed by atoms with E-state index in [0.717, 1.165) is 24.2 Å². The molecular weight excluding hydrogens is 324 g/mol. The van der Waals surface area contributed by atoms with E-state index in [1.54, 1.807) is 17.0 Å². The molecule has 0 bridgehead atoms. The van der Waals surface area contributed by atoms with Crippen molar-refractivity contribution in [2.45, 2.75) is 19.3 Å². The number of carbonyl (C=O) groups is 4. The molecule has 7 nitrogen and oxygen atoms in total. The fourth-order valence-corrected chi connectivity index (χ4v) is 2.87. The molecule has 0 N–H and O–H groups in total. The van der Waals surface area contributed by atoms with Gasteiger partial charge in [-0.25, -0.2) is 9.69 Å². The lowest BCUT2D eigenvalue weighted by molar-refractivity contribution is -0.135. The Morgan fingerprint density at radius 2 is 1.68 bits per heavy atom. The van der Waals surface area contributed by atoms with Crippen molar-refractivity contribution in [1.29, 1.82) is 0 Å². The Kier molecular flexibility index (Phi) is 4.92. The largest absolute Gasteiger partial charge is 0.452 e. The molecule has 1 saturated heterocycles. The molecule has 0 atom stereocenters. The van der Waals surface area contributed by atoms with Crippen molar-refractivity contribution in [1.82, 2.24) is 4.90 Å². The molecule has 2 aliphatic rings. The summed E-state index contributed by atoms with van der Waals surface area (Å²) in [6.07, 6.45) is 5.38. The number of imide groups is 1. The number of hydrogen-bond donors (Lipinski definition) is 0. The molecule has 0 radical (unpaired) electrons. The van der Waals surface area contributed by atoms with Crippen LogP contribution in [-0.4, -0.2) is 48.3 Å². The maximum atomic E-state index is 12.2. The van der Waals surface area contributed by atoms with Crippen LogP contribution in [0.4, 0.5) is 5.69 Å². The Balaban J connectivity index is 1.62. The zero-order valence-electron chi connectivity index (χ0n) is 13.6. The van der Waals surface area contributed by atoms with E-state index in [2.05, 4.69) is 0 Å². The normalized spacial score (nSPS) is 17.1. The molecule has 1 aromatic rings. The first-order valence-corrected chi connectivity index (χ1v) is 8.17. The SMILES string of the molecule is O=C(OCC(=O)N1CCCCC1)c1cccc(N2C(=O)C=CC2=O)c1. The second kappa shape index (κ2) is 7.29. The van der Waals surface area contributed by atoms with E-state index < -0.39 is 17.8 Å².